The molecule has 0 aliphatic carbocycles. The molecule has 0 saturated carbocycles. The minimum absolute atomic E-state index is 0.0473. The van der Waals surface area contributed by atoms with Gasteiger partial charge in [-0.25, -0.2) is 4.79 Å². The van der Waals surface area contributed by atoms with Gasteiger partial charge >= 0.3 is 18.6 Å². The Hall–Kier alpha value is -2.38. The summed E-state index contributed by atoms with van der Waals surface area (Å²) in [7, 11) is 0. The first-order chi connectivity index (χ1) is 10.9. The zero-order chi connectivity index (χ0) is 17.0. The number of ether oxygens (including phenoxy) is 1. The van der Waals surface area contributed by atoms with Crippen LogP contribution in [-0.4, -0.2) is 41.7 Å². The number of carbonyl (C=O) groups excluding carboxylic acids is 1. The van der Waals surface area contributed by atoms with Gasteiger partial charge < -0.3 is 20.1 Å². The third-order valence-electron chi connectivity index (χ3n) is 3.77. The van der Waals surface area contributed by atoms with Crippen molar-refractivity contribution >= 4 is 12.0 Å². The molecule has 126 valence electrons. The minimum atomic E-state index is -2.88. The number of hydrogen-bond acceptors (Lipinski definition) is 3. The predicted octanol–water partition coefficient (Wildman–Crippen LogP) is 2.47. The minimum Gasteiger partial charge on any atom is -0.481 e. The molecule has 8 heteroatoms. The van der Waals surface area contributed by atoms with Crippen LogP contribution in [0.25, 0.3) is 0 Å². The van der Waals surface area contributed by atoms with Crippen molar-refractivity contribution in [2.45, 2.75) is 26.0 Å². The molecule has 1 heterocycles. The van der Waals surface area contributed by atoms with E-state index in [0.29, 0.717) is 13.0 Å². The number of amides is 2. The lowest BCUT2D eigenvalue weighted by molar-refractivity contribution is -0.141. The fourth-order valence-corrected chi connectivity index (χ4v) is 2.44. The summed E-state index contributed by atoms with van der Waals surface area (Å²) in [6.45, 7) is -0.535. The highest BCUT2D eigenvalue weighted by molar-refractivity contribution is 5.77. The van der Waals surface area contributed by atoms with Crippen molar-refractivity contribution in [2.24, 2.45) is 5.92 Å². The monoisotopic (exact) mass is 328 g/mol. The van der Waals surface area contributed by atoms with E-state index in [4.69, 9.17) is 5.11 Å². The SMILES string of the molecule is CC(NC(=O)N1CCC(C(=O)O)C1)c1ccc(OC(F)F)cc1. The quantitative estimate of drug-likeness (QED) is 0.870. The molecule has 6 nitrogen and oxygen atoms in total. The lowest BCUT2D eigenvalue weighted by atomic mass is 10.1. The van der Waals surface area contributed by atoms with Crippen LogP contribution in [0.3, 0.4) is 0 Å². The molecule has 2 amide bonds. The van der Waals surface area contributed by atoms with E-state index in [1.165, 1.54) is 17.0 Å². The first kappa shape index (κ1) is 17.0. The second kappa shape index (κ2) is 7.26. The number of carboxylic acids is 1. The fourth-order valence-electron chi connectivity index (χ4n) is 2.44. The van der Waals surface area contributed by atoms with Gasteiger partial charge in [-0.3, -0.25) is 4.79 Å². The average Bonchev–Trinajstić information content (AvgIpc) is 2.97. The molecule has 1 aromatic rings. The number of likely N-dealkylation sites (tertiary alicyclic amines) is 1. The maximum atomic E-state index is 12.1. The first-order valence-electron chi connectivity index (χ1n) is 7.20. The normalized spacial score (nSPS) is 18.8. The summed E-state index contributed by atoms with van der Waals surface area (Å²) in [5, 5.41) is 11.7. The fraction of sp³-hybridized carbons (Fsp3) is 0.467. The molecule has 1 aliphatic rings. The van der Waals surface area contributed by atoms with Crippen LogP contribution in [0.5, 0.6) is 5.75 Å². The summed E-state index contributed by atoms with van der Waals surface area (Å²) in [4.78, 5) is 24.5. The van der Waals surface area contributed by atoms with Gasteiger partial charge in [0.15, 0.2) is 0 Å². The Labute approximate surface area is 132 Å². The van der Waals surface area contributed by atoms with E-state index >= 15 is 0 Å². The number of hydrogen-bond donors (Lipinski definition) is 2. The number of nitrogens with zero attached hydrogens (tertiary/aromatic N) is 1. The zero-order valence-corrected chi connectivity index (χ0v) is 12.5. The van der Waals surface area contributed by atoms with E-state index < -0.39 is 18.5 Å². The molecule has 2 N–H and O–H groups in total. The molecule has 0 bridgehead atoms. The van der Waals surface area contributed by atoms with Gasteiger partial charge in [-0.2, -0.15) is 8.78 Å². The van der Waals surface area contributed by atoms with Crippen LogP contribution >= 0.6 is 0 Å². The molecule has 2 atom stereocenters. The van der Waals surface area contributed by atoms with Gasteiger partial charge in [-0.05, 0) is 31.0 Å². The Morgan fingerprint density at radius 2 is 2.00 bits per heavy atom. The van der Waals surface area contributed by atoms with Gasteiger partial charge in [0.2, 0.25) is 0 Å². The number of carboxylic acid groups (broad SMARTS) is 1. The molecule has 0 aromatic heterocycles. The van der Waals surface area contributed by atoms with E-state index in [1.54, 1.807) is 19.1 Å². The van der Waals surface area contributed by atoms with Gasteiger partial charge in [0.25, 0.3) is 0 Å². The van der Waals surface area contributed by atoms with Crippen LogP contribution in [0.4, 0.5) is 13.6 Å². The summed E-state index contributed by atoms with van der Waals surface area (Å²) in [5.41, 5.74) is 0.731. The van der Waals surface area contributed by atoms with Crippen molar-refractivity contribution in [1.29, 1.82) is 0 Å². The second-order valence-electron chi connectivity index (χ2n) is 5.39. The van der Waals surface area contributed by atoms with Crippen LogP contribution in [0.2, 0.25) is 0 Å². The number of aliphatic carboxylic acids is 1. The molecule has 1 aromatic carbocycles. The summed E-state index contributed by atoms with van der Waals surface area (Å²) >= 11 is 0. The highest BCUT2D eigenvalue weighted by atomic mass is 19.3. The third-order valence-corrected chi connectivity index (χ3v) is 3.77. The van der Waals surface area contributed by atoms with E-state index in [-0.39, 0.29) is 24.4 Å². The zero-order valence-electron chi connectivity index (χ0n) is 12.5. The van der Waals surface area contributed by atoms with Crippen LogP contribution in [-0.2, 0) is 4.79 Å². The Morgan fingerprint density at radius 3 is 2.52 bits per heavy atom. The highest BCUT2D eigenvalue weighted by Crippen LogP contribution is 2.21. The van der Waals surface area contributed by atoms with Crippen molar-refractivity contribution < 1.29 is 28.2 Å². The van der Waals surface area contributed by atoms with Crippen molar-refractivity contribution in [3.05, 3.63) is 29.8 Å². The van der Waals surface area contributed by atoms with E-state index in [2.05, 4.69) is 10.1 Å². The molecule has 0 radical (unpaired) electrons. The van der Waals surface area contributed by atoms with Gasteiger partial charge in [0, 0.05) is 13.1 Å². The van der Waals surface area contributed by atoms with E-state index in [0.717, 1.165) is 5.56 Å². The first-order valence-corrected chi connectivity index (χ1v) is 7.20. The molecule has 1 fully saturated rings. The lowest BCUT2D eigenvalue weighted by Crippen LogP contribution is -2.40. The molecular formula is C15H18F2N2O4. The molecule has 1 saturated heterocycles. The summed E-state index contributed by atoms with van der Waals surface area (Å²) in [6, 6.07) is 5.31. The number of halogens is 2. The maximum Gasteiger partial charge on any atom is 0.387 e. The topological polar surface area (TPSA) is 78.9 Å². The number of benzene rings is 1. The van der Waals surface area contributed by atoms with Crippen molar-refractivity contribution in [1.82, 2.24) is 10.2 Å². The average molecular weight is 328 g/mol. The predicted molar refractivity (Wildman–Crippen MR) is 77.3 cm³/mol. The lowest BCUT2D eigenvalue weighted by Gasteiger charge is -2.21. The molecule has 2 rings (SSSR count). The Bertz CT molecular complexity index is 565. The van der Waals surface area contributed by atoms with Crippen molar-refractivity contribution in [3.63, 3.8) is 0 Å². The van der Waals surface area contributed by atoms with E-state index in [1.807, 2.05) is 0 Å². The number of urea groups is 1. The van der Waals surface area contributed by atoms with Crippen LogP contribution in [0.1, 0.15) is 24.9 Å². The maximum absolute atomic E-state index is 12.1. The summed E-state index contributed by atoms with van der Waals surface area (Å²) in [5.74, 6) is -1.38. The van der Waals surface area contributed by atoms with Crippen LogP contribution in [0, 0.1) is 5.92 Å². The van der Waals surface area contributed by atoms with Crippen LogP contribution < -0.4 is 10.1 Å². The number of nitrogens with one attached hydrogen (secondary N) is 1. The smallest absolute Gasteiger partial charge is 0.387 e. The Balaban J connectivity index is 1.90. The highest BCUT2D eigenvalue weighted by Gasteiger charge is 2.31. The summed E-state index contributed by atoms with van der Waals surface area (Å²) < 4.78 is 28.4. The standard InChI is InChI=1S/C15H18F2N2O4/c1-9(10-2-4-12(5-3-10)23-14(16)17)18-15(22)19-7-6-11(8-19)13(20)21/h2-5,9,11,14H,6-8H2,1H3,(H,18,22)(H,20,21). The number of alkyl halides is 2. The third kappa shape index (κ3) is 4.54. The molecule has 2 unspecified atom stereocenters. The largest absolute Gasteiger partial charge is 0.481 e. The van der Waals surface area contributed by atoms with Gasteiger partial charge in [-0.1, -0.05) is 12.1 Å². The van der Waals surface area contributed by atoms with Crippen LogP contribution in [0.15, 0.2) is 24.3 Å². The molecule has 0 spiro atoms. The van der Waals surface area contributed by atoms with Crippen molar-refractivity contribution in [2.75, 3.05) is 13.1 Å². The van der Waals surface area contributed by atoms with Crippen molar-refractivity contribution in [3.8, 4) is 5.75 Å². The van der Waals surface area contributed by atoms with Gasteiger partial charge in [0.1, 0.15) is 5.75 Å². The summed E-state index contributed by atoms with van der Waals surface area (Å²) in [6.07, 6.45) is 0.441. The number of carbonyl (C=O) groups is 2. The molecule has 1 aliphatic heterocycles. The molecule has 23 heavy (non-hydrogen) atoms. The Kier molecular flexibility index (Phi) is 5.36. The second-order valence-corrected chi connectivity index (χ2v) is 5.39. The molecular weight excluding hydrogens is 310 g/mol. The van der Waals surface area contributed by atoms with Gasteiger partial charge in [0.05, 0.1) is 12.0 Å². The number of rotatable bonds is 5. The van der Waals surface area contributed by atoms with Gasteiger partial charge in [-0.15, -0.1) is 0 Å². The Morgan fingerprint density at radius 1 is 1.35 bits per heavy atom. The van der Waals surface area contributed by atoms with E-state index in [9.17, 15) is 18.4 Å².